The van der Waals surface area contributed by atoms with Gasteiger partial charge in [-0.3, -0.25) is 4.98 Å². The van der Waals surface area contributed by atoms with Gasteiger partial charge in [0.2, 0.25) is 0 Å². The van der Waals surface area contributed by atoms with Gasteiger partial charge in [0, 0.05) is 11.8 Å². The van der Waals surface area contributed by atoms with E-state index in [4.69, 9.17) is 0 Å². The molecule has 0 radical (unpaired) electrons. The highest BCUT2D eigenvalue weighted by atomic mass is 32.2. The first-order valence-electron chi connectivity index (χ1n) is 5.30. The van der Waals surface area contributed by atoms with Crippen LogP contribution in [0.2, 0.25) is 0 Å². The van der Waals surface area contributed by atoms with Crippen molar-refractivity contribution in [2.24, 2.45) is 0 Å². The maximum atomic E-state index is 4.12. The Bertz CT molecular complexity index is 478. The van der Waals surface area contributed by atoms with E-state index >= 15 is 0 Å². The Balaban J connectivity index is 1.85. The number of anilines is 1. The summed E-state index contributed by atoms with van der Waals surface area (Å²) in [5.74, 6) is 3.28. The van der Waals surface area contributed by atoms with Crippen molar-refractivity contribution >= 4 is 23.2 Å². The fourth-order valence-electron chi connectivity index (χ4n) is 1.84. The molecule has 2 aromatic heterocycles. The van der Waals surface area contributed by atoms with Gasteiger partial charge in [-0.25, -0.2) is 0 Å². The van der Waals surface area contributed by atoms with Crippen LogP contribution in [0.25, 0.3) is 5.65 Å². The van der Waals surface area contributed by atoms with Gasteiger partial charge in [0.05, 0.1) is 12.4 Å². The molecule has 0 amide bonds. The molecule has 6 nitrogen and oxygen atoms in total. The molecule has 1 N–H and O–H groups in total. The highest BCUT2D eigenvalue weighted by Gasteiger charge is 2.15. The first-order chi connectivity index (χ1) is 7.93. The summed E-state index contributed by atoms with van der Waals surface area (Å²) in [5, 5.41) is 14.9. The van der Waals surface area contributed by atoms with Gasteiger partial charge in [-0.1, -0.05) is 0 Å². The molecule has 0 bridgehead atoms. The zero-order chi connectivity index (χ0) is 10.8. The summed E-state index contributed by atoms with van der Waals surface area (Å²) >= 11 is 1.99. The second-order valence-corrected chi connectivity index (χ2v) is 4.95. The number of hydrogen-bond acceptors (Lipinski definition) is 6. The number of aromatic nitrogens is 5. The Morgan fingerprint density at radius 2 is 2.44 bits per heavy atom. The van der Waals surface area contributed by atoms with Crippen LogP contribution in [0, 0.1) is 0 Å². The van der Waals surface area contributed by atoms with Crippen molar-refractivity contribution in [3.63, 3.8) is 0 Å². The van der Waals surface area contributed by atoms with E-state index in [-0.39, 0.29) is 0 Å². The molecule has 1 atom stereocenters. The molecule has 84 valence electrons. The monoisotopic (exact) mass is 236 g/mol. The molecule has 0 spiro atoms. The minimum Gasteiger partial charge on any atom is -0.365 e. The number of thioether (sulfide) groups is 1. The van der Waals surface area contributed by atoms with Gasteiger partial charge in [0.1, 0.15) is 0 Å². The summed E-state index contributed by atoms with van der Waals surface area (Å²) in [6, 6.07) is 0.496. The number of nitrogens with zero attached hydrogens (tertiary/aromatic N) is 5. The van der Waals surface area contributed by atoms with Crippen LogP contribution in [0.4, 0.5) is 5.82 Å². The van der Waals surface area contributed by atoms with Crippen molar-refractivity contribution in [2.45, 2.75) is 18.9 Å². The van der Waals surface area contributed by atoms with Crippen molar-refractivity contribution in [1.82, 2.24) is 25.0 Å². The van der Waals surface area contributed by atoms with Crippen LogP contribution >= 0.6 is 11.8 Å². The van der Waals surface area contributed by atoms with Crippen LogP contribution in [0.5, 0.6) is 0 Å². The lowest BCUT2D eigenvalue weighted by molar-refractivity contribution is 0.675. The SMILES string of the molecule is c1ncc2nnnn2c1NC1CCCSC1. The molecule has 0 saturated carbocycles. The molecule has 0 aromatic carbocycles. The van der Waals surface area contributed by atoms with Crippen LogP contribution in [0.3, 0.4) is 0 Å². The topological polar surface area (TPSA) is 68.0 Å². The van der Waals surface area contributed by atoms with E-state index in [0.717, 1.165) is 11.6 Å². The number of rotatable bonds is 2. The summed E-state index contributed by atoms with van der Waals surface area (Å²) in [6.45, 7) is 0. The Hall–Kier alpha value is -1.37. The van der Waals surface area contributed by atoms with E-state index < -0.39 is 0 Å². The largest absolute Gasteiger partial charge is 0.365 e. The van der Waals surface area contributed by atoms with Crippen molar-refractivity contribution in [2.75, 3.05) is 16.8 Å². The summed E-state index contributed by atoms with van der Waals surface area (Å²) in [4.78, 5) is 4.12. The molecule has 2 aromatic rings. The lowest BCUT2D eigenvalue weighted by Gasteiger charge is -2.23. The molecular formula is C9H12N6S. The number of hydrogen-bond donors (Lipinski definition) is 1. The molecule has 1 saturated heterocycles. The fraction of sp³-hybridized carbons (Fsp3) is 0.556. The van der Waals surface area contributed by atoms with Gasteiger partial charge in [0.25, 0.3) is 0 Å². The van der Waals surface area contributed by atoms with Crippen LogP contribution < -0.4 is 5.32 Å². The fourth-order valence-corrected chi connectivity index (χ4v) is 2.91. The van der Waals surface area contributed by atoms with Crippen LogP contribution in [0.1, 0.15) is 12.8 Å². The molecule has 1 fully saturated rings. The first-order valence-corrected chi connectivity index (χ1v) is 6.45. The molecule has 7 heteroatoms. The minimum atomic E-state index is 0.496. The third-order valence-electron chi connectivity index (χ3n) is 2.62. The first kappa shape index (κ1) is 9.83. The van der Waals surface area contributed by atoms with E-state index in [1.54, 1.807) is 16.9 Å². The third kappa shape index (κ3) is 1.82. The van der Waals surface area contributed by atoms with Gasteiger partial charge in [-0.2, -0.15) is 16.3 Å². The Labute approximate surface area is 96.8 Å². The van der Waals surface area contributed by atoms with Crippen molar-refractivity contribution < 1.29 is 0 Å². The molecule has 1 aliphatic heterocycles. The van der Waals surface area contributed by atoms with E-state index in [0.29, 0.717) is 11.7 Å². The quantitative estimate of drug-likeness (QED) is 0.833. The molecule has 1 unspecified atom stereocenters. The Morgan fingerprint density at radius 1 is 1.44 bits per heavy atom. The van der Waals surface area contributed by atoms with E-state index in [9.17, 15) is 0 Å². The number of tetrazole rings is 1. The van der Waals surface area contributed by atoms with Gasteiger partial charge in [0.15, 0.2) is 11.5 Å². The second kappa shape index (κ2) is 4.25. The van der Waals surface area contributed by atoms with E-state index in [1.807, 2.05) is 11.8 Å². The highest BCUT2D eigenvalue weighted by Crippen LogP contribution is 2.20. The standard InChI is InChI=1S/C9H12N6S/c1-2-7(6-16-3-1)11-8-4-10-5-9-12-13-14-15(8)9/h4-5,7,11H,1-3,6H2. The van der Waals surface area contributed by atoms with Crippen LogP contribution in [0.15, 0.2) is 12.4 Å². The third-order valence-corrected chi connectivity index (χ3v) is 3.84. The molecular weight excluding hydrogens is 224 g/mol. The van der Waals surface area contributed by atoms with Gasteiger partial charge in [-0.15, -0.1) is 5.10 Å². The lowest BCUT2D eigenvalue weighted by Crippen LogP contribution is -2.27. The predicted octanol–water partition coefficient (Wildman–Crippen LogP) is 0.827. The molecule has 3 rings (SSSR count). The summed E-state index contributed by atoms with van der Waals surface area (Å²) in [6.07, 6.45) is 5.89. The smallest absolute Gasteiger partial charge is 0.199 e. The van der Waals surface area contributed by atoms with Crippen LogP contribution in [-0.4, -0.2) is 42.6 Å². The maximum Gasteiger partial charge on any atom is 0.199 e. The Morgan fingerprint density at radius 3 is 3.31 bits per heavy atom. The lowest BCUT2D eigenvalue weighted by atomic mass is 10.2. The van der Waals surface area contributed by atoms with Gasteiger partial charge >= 0.3 is 0 Å². The molecule has 1 aliphatic rings. The summed E-state index contributed by atoms with van der Waals surface area (Å²) < 4.78 is 1.69. The van der Waals surface area contributed by atoms with Gasteiger partial charge in [-0.05, 0) is 29.0 Å². The average molecular weight is 236 g/mol. The van der Waals surface area contributed by atoms with Crippen molar-refractivity contribution in [3.05, 3.63) is 12.4 Å². The minimum absolute atomic E-state index is 0.496. The van der Waals surface area contributed by atoms with E-state index in [2.05, 4.69) is 25.8 Å². The zero-order valence-electron chi connectivity index (χ0n) is 8.70. The van der Waals surface area contributed by atoms with Gasteiger partial charge < -0.3 is 5.32 Å². The molecule has 3 heterocycles. The van der Waals surface area contributed by atoms with Crippen molar-refractivity contribution in [1.29, 1.82) is 0 Å². The summed E-state index contributed by atoms with van der Waals surface area (Å²) in [5.41, 5.74) is 0.675. The maximum absolute atomic E-state index is 4.12. The number of nitrogens with one attached hydrogen (secondary N) is 1. The summed E-state index contributed by atoms with van der Waals surface area (Å²) in [7, 11) is 0. The second-order valence-electron chi connectivity index (χ2n) is 3.80. The molecule has 0 aliphatic carbocycles. The highest BCUT2D eigenvalue weighted by molar-refractivity contribution is 7.99. The van der Waals surface area contributed by atoms with Crippen molar-refractivity contribution in [3.8, 4) is 0 Å². The van der Waals surface area contributed by atoms with E-state index in [1.165, 1.54) is 18.6 Å². The number of fused-ring (bicyclic) bond motifs is 1. The Kier molecular flexibility index (Phi) is 2.61. The average Bonchev–Trinajstić information content (AvgIpc) is 2.80. The zero-order valence-corrected chi connectivity index (χ0v) is 9.52. The molecule has 16 heavy (non-hydrogen) atoms. The van der Waals surface area contributed by atoms with Crippen LogP contribution in [-0.2, 0) is 0 Å². The normalized spacial score (nSPS) is 21.1. The predicted molar refractivity (Wildman–Crippen MR) is 62.5 cm³/mol.